The largest absolute Gasteiger partial charge is 0.369 e. The van der Waals surface area contributed by atoms with Gasteiger partial charge in [-0.25, -0.2) is 13.4 Å². The van der Waals surface area contributed by atoms with E-state index in [0.29, 0.717) is 18.7 Å². The number of amides is 1. The summed E-state index contributed by atoms with van der Waals surface area (Å²) in [7, 11) is -1.09. The highest BCUT2D eigenvalue weighted by molar-refractivity contribution is 7.91. The number of rotatable bonds is 5. The predicted molar refractivity (Wildman–Crippen MR) is 95.1 cm³/mol. The molecule has 0 aliphatic carbocycles. The fourth-order valence-electron chi connectivity index (χ4n) is 2.78. The molecule has 0 aromatic carbocycles. The van der Waals surface area contributed by atoms with Crippen LogP contribution in [0.25, 0.3) is 0 Å². The van der Waals surface area contributed by atoms with E-state index < -0.39 is 9.84 Å². The first-order valence-electron chi connectivity index (χ1n) is 8.02. The Balaban J connectivity index is 1.60. The summed E-state index contributed by atoms with van der Waals surface area (Å²) in [6.45, 7) is 0.336. The molecule has 25 heavy (non-hydrogen) atoms. The van der Waals surface area contributed by atoms with Gasteiger partial charge in [0.05, 0.1) is 35.6 Å². The molecule has 3 heterocycles. The van der Waals surface area contributed by atoms with Crippen LogP contribution in [0.3, 0.4) is 0 Å². The Morgan fingerprint density at radius 1 is 1.28 bits per heavy atom. The third kappa shape index (κ3) is 4.33. The van der Waals surface area contributed by atoms with Gasteiger partial charge < -0.3 is 10.2 Å². The molecule has 1 saturated heterocycles. The number of aromatic nitrogens is 2. The van der Waals surface area contributed by atoms with E-state index in [1.807, 2.05) is 30.1 Å². The average molecular weight is 360 g/mol. The summed E-state index contributed by atoms with van der Waals surface area (Å²) >= 11 is 0. The smallest absolute Gasteiger partial charge is 0.270 e. The Hall–Kier alpha value is -2.48. The van der Waals surface area contributed by atoms with Crippen molar-refractivity contribution in [2.75, 3.05) is 23.5 Å². The first-order chi connectivity index (χ1) is 11.9. The molecule has 132 valence electrons. The molecule has 1 unspecified atom stereocenters. The number of carbonyl (C=O) groups excluding carboxylic acids is 1. The zero-order valence-electron chi connectivity index (χ0n) is 13.9. The topological polar surface area (TPSA) is 92.3 Å². The molecule has 8 heteroatoms. The van der Waals surface area contributed by atoms with E-state index in [1.165, 1.54) is 0 Å². The SMILES string of the molecule is CN(c1ccc(C(=O)NCc2ccccn2)nc1)C1CCS(=O)(=O)C1. The van der Waals surface area contributed by atoms with Crippen molar-refractivity contribution >= 4 is 21.4 Å². The Morgan fingerprint density at radius 2 is 2.12 bits per heavy atom. The molecule has 0 bridgehead atoms. The third-order valence-electron chi connectivity index (χ3n) is 4.30. The Kier molecular flexibility index (Phi) is 4.98. The lowest BCUT2D eigenvalue weighted by molar-refractivity contribution is 0.0945. The summed E-state index contributed by atoms with van der Waals surface area (Å²) in [5, 5.41) is 2.77. The highest BCUT2D eigenvalue weighted by Crippen LogP contribution is 2.22. The molecular formula is C17H20N4O3S. The number of anilines is 1. The quantitative estimate of drug-likeness (QED) is 0.856. The van der Waals surface area contributed by atoms with E-state index >= 15 is 0 Å². The fraction of sp³-hybridized carbons (Fsp3) is 0.353. The van der Waals surface area contributed by atoms with E-state index in [4.69, 9.17) is 0 Å². The molecule has 2 aromatic heterocycles. The summed E-state index contributed by atoms with van der Waals surface area (Å²) in [6, 6.07) is 8.90. The number of nitrogens with one attached hydrogen (secondary N) is 1. The lowest BCUT2D eigenvalue weighted by Gasteiger charge is -2.25. The number of hydrogen-bond acceptors (Lipinski definition) is 6. The van der Waals surface area contributed by atoms with Crippen molar-refractivity contribution in [3.63, 3.8) is 0 Å². The standard InChI is InChI=1S/C17H20N4O3S/c1-21(15-7-9-25(23,24)12-15)14-5-6-16(19-11-14)17(22)20-10-13-4-2-3-8-18-13/h2-6,8,11,15H,7,9-10,12H2,1H3,(H,20,22). The second-order valence-electron chi connectivity index (χ2n) is 6.07. The molecule has 1 atom stereocenters. The lowest BCUT2D eigenvalue weighted by Crippen LogP contribution is -2.32. The highest BCUT2D eigenvalue weighted by Gasteiger charge is 2.30. The van der Waals surface area contributed by atoms with Crippen molar-refractivity contribution in [2.45, 2.75) is 19.0 Å². The molecule has 3 rings (SSSR count). The normalized spacial score (nSPS) is 18.7. The van der Waals surface area contributed by atoms with Gasteiger partial charge in [0.15, 0.2) is 9.84 Å². The van der Waals surface area contributed by atoms with Crippen molar-refractivity contribution in [3.8, 4) is 0 Å². The lowest BCUT2D eigenvalue weighted by atomic mass is 10.2. The molecule has 1 amide bonds. The maximum Gasteiger partial charge on any atom is 0.270 e. The van der Waals surface area contributed by atoms with Crippen LogP contribution < -0.4 is 10.2 Å². The van der Waals surface area contributed by atoms with Gasteiger partial charge in [0, 0.05) is 19.3 Å². The van der Waals surface area contributed by atoms with E-state index in [2.05, 4.69) is 15.3 Å². The van der Waals surface area contributed by atoms with Gasteiger partial charge in [0.2, 0.25) is 0 Å². The molecule has 1 fully saturated rings. The molecule has 0 spiro atoms. The van der Waals surface area contributed by atoms with Crippen molar-refractivity contribution in [3.05, 3.63) is 54.1 Å². The van der Waals surface area contributed by atoms with Gasteiger partial charge in [-0.1, -0.05) is 6.07 Å². The van der Waals surface area contributed by atoms with Crippen LogP contribution in [0.2, 0.25) is 0 Å². The van der Waals surface area contributed by atoms with Crippen LogP contribution in [0.15, 0.2) is 42.7 Å². The average Bonchev–Trinajstić information content (AvgIpc) is 3.00. The van der Waals surface area contributed by atoms with Crippen molar-refractivity contribution in [1.29, 1.82) is 0 Å². The zero-order chi connectivity index (χ0) is 17.9. The van der Waals surface area contributed by atoms with Crippen LogP contribution in [-0.2, 0) is 16.4 Å². The summed E-state index contributed by atoms with van der Waals surface area (Å²) in [5.41, 5.74) is 1.88. The molecule has 1 aliphatic rings. The molecule has 7 nitrogen and oxygen atoms in total. The number of hydrogen-bond donors (Lipinski definition) is 1. The van der Waals surface area contributed by atoms with E-state index in [0.717, 1.165) is 11.4 Å². The minimum Gasteiger partial charge on any atom is -0.369 e. The monoisotopic (exact) mass is 360 g/mol. The molecule has 0 radical (unpaired) electrons. The summed E-state index contributed by atoms with van der Waals surface area (Å²) in [4.78, 5) is 22.4. The van der Waals surface area contributed by atoms with Crippen LogP contribution >= 0.6 is 0 Å². The molecule has 0 saturated carbocycles. The summed E-state index contributed by atoms with van der Waals surface area (Å²) in [6.07, 6.45) is 3.89. The van der Waals surface area contributed by atoms with Crippen LogP contribution in [0.1, 0.15) is 22.6 Å². The van der Waals surface area contributed by atoms with E-state index in [9.17, 15) is 13.2 Å². The van der Waals surface area contributed by atoms with Crippen molar-refractivity contribution < 1.29 is 13.2 Å². The van der Waals surface area contributed by atoms with Gasteiger partial charge in [0.1, 0.15) is 5.69 Å². The Labute approximate surface area is 147 Å². The Morgan fingerprint density at radius 3 is 2.72 bits per heavy atom. The first-order valence-corrected chi connectivity index (χ1v) is 9.84. The summed E-state index contributed by atoms with van der Waals surface area (Å²) < 4.78 is 23.2. The fourth-order valence-corrected chi connectivity index (χ4v) is 4.56. The van der Waals surface area contributed by atoms with E-state index in [1.54, 1.807) is 24.5 Å². The van der Waals surface area contributed by atoms with Gasteiger partial charge in [-0.05, 0) is 30.7 Å². The van der Waals surface area contributed by atoms with Crippen molar-refractivity contribution in [1.82, 2.24) is 15.3 Å². The highest BCUT2D eigenvalue weighted by atomic mass is 32.2. The molecule has 1 aliphatic heterocycles. The zero-order valence-corrected chi connectivity index (χ0v) is 14.7. The maximum atomic E-state index is 12.1. The Bertz CT molecular complexity index is 838. The van der Waals surface area contributed by atoms with Crippen LogP contribution in [0.4, 0.5) is 5.69 Å². The maximum absolute atomic E-state index is 12.1. The second kappa shape index (κ2) is 7.18. The minimum absolute atomic E-state index is 0.0457. The molecular weight excluding hydrogens is 340 g/mol. The van der Waals surface area contributed by atoms with Gasteiger partial charge in [-0.15, -0.1) is 0 Å². The first kappa shape index (κ1) is 17.3. The van der Waals surface area contributed by atoms with E-state index in [-0.39, 0.29) is 23.5 Å². The molecule has 1 N–H and O–H groups in total. The van der Waals surface area contributed by atoms with Gasteiger partial charge >= 0.3 is 0 Å². The van der Waals surface area contributed by atoms with Crippen LogP contribution in [0.5, 0.6) is 0 Å². The minimum atomic E-state index is -2.94. The van der Waals surface area contributed by atoms with Gasteiger partial charge in [-0.3, -0.25) is 9.78 Å². The number of pyridine rings is 2. The third-order valence-corrected chi connectivity index (χ3v) is 6.05. The summed E-state index contributed by atoms with van der Waals surface area (Å²) in [5.74, 6) is 0.113. The van der Waals surface area contributed by atoms with Crippen molar-refractivity contribution in [2.24, 2.45) is 0 Å². The van der Waals surface area contributed by atoms with Crippen LogP contribution in [-0.4, -0.2) is 48.9 Å². The van der Waals surface area contributed by atoms with Gasteiger partial charge in [-0.2, -0.15) is 0 Å². The molecule has 2 aromatic rings. The number of nitrogens with zero attached hydrogens (tertiary/aromatic N) is 3. The predicted octanol–water partition coefficient (Wildman–Crippen LogP) is 1.03. The number of carbonyl (C=O) groups is 1. The second-order valence-corrected chi connectivity index (χ2v) is 8.30. The van der Waals surface area contributed by atoms with Gasteiger partial charge in [0.25, 0.3) is 5.91 Å². The number of sulfone groups is 1. The van der Waals surface area contributed by atoms with Crippen LogP contribution in [0, 0.1) is 0 Å².